The lowest BCUT2D eigenvalue weighted by molar-refractivity contribution is -0.427. The van der Waals surface area contributed by atoms with Crippen LogP contribution in [0.4, 0.5) is 0 Å². The van der Waals surface area contributed by atoms with Crippen LogP contribution < -0.4 is 20.4 Å². The second-order valence-corrected chi connectivity index (χ2v) is 4.31. The van der Waals surface area contributed by atoms with Gasteiger partial charge in [-0.2, -0.15) is 10.2 Å². The van der Waals surface area contributed by atoms with E-state index in [1.807, 2.05) is 48.5 Å². The van der Waals surface area contributed by atoms with Crippen LogP contribution in [0.2, 0.25) is 0 Å². The molecule has 0 saturated carbocycles. The van der Waals surface area contributed by atoms with E-state index >= 15 is 0 Å². The molecule has 138 valence electrons. The second kappa shape index (κ2) is 10.8. The maximum Gasteiger partial charge on any atom is 0.248 e. The van der Waals surface area contributed by atoms with Gasteiger partial charge in [-0.15, -0.1) is 0 Å². The number of hydrogen-bond donors (Lipinski definition) is 2. The van der Waals surface area contributed by atoms with E-state index in [1.54, 1.807) is 0 Å². The third-order valence-electron chi connectivity index (χ3n) is 2.71. The highest BCUT2D eigenvalue weighted by Crippen LogP contribution is 2.01. The van der Waals surface area contributed by atoms with Crippen molar-refractivity contribution >= 4 is 34.0 Å². The Labute approximate surface area is 145 Å². The van der Waals surface area contributed by atoms with Crippen LogP contribution in [-0.2, 0) is 9.59 Å². The van der Waals surface area contributed by atoms with E-state index in [4.69, 9.17) is 19.8 Å². The Balaban J connectivity index is 0.000000357. The van der Waals surface area contributed by atoms with Crippen molar-refractivity contribution in [1.82, 2.24) is 20.6 Å². The number of carboxylic acids is 2. The van der Waals surface area contributed by atoms with Gasteiger partial charge in [0.1, 0.15) is 0 Å². The van der Waals surface area contributed by atoms with Crippen LogP contribution in [0.5, 0.6) is 0 Å². The molecule has 0 saturated heterocycles. The minimum Gasteiger partial charge on any atom is -0.543 e. The summed E-state index contributed by atoms with van der Waals surface area (Å²) in [6.07, 6.45) is 0. The number of nitrogens with zero attached hydrogens (tertiary/aromatic N) is 2. The highest BCUT2D eigenvalue weighted by molar-refractivity contribution is 6.25. The van der Waals surface area contributed by atoms with Gasteiger partial charge in [0.25, 0.3) is 0 Å². The Kier molecular flexibility index (Phi) is 9.18. The summed E-state index contributed by atoms with van der Waals surface area (Å²) < 4.78 is 0. The van der Waals surface area contributed by atoms with Gasteiger partial charge in [-0.1, -0.05) is 34.7 Å². The van der Waals surface area contributed by atoms with E-state index in [1.165, 1.54) is 0 Å². The van der Waals surface area contributed by atoms with Gasteiger partial charge in [0.15, 0.2) is 11.0 Å². The molecule has 4 rings (SSSR count). The number of rotatable bonds is 0. The van der Waals surface area contributed by atoms with Crippen LogP contribution in [0, 0.1) is 0 Å². The number of benzene rings is 2. The highest BCUT2D eigenvalue weighted by atomic mass is 16.4. The summed E-state index contributed by atoms with van der Waals surface area (Å²) in [7, 11) is 0. The molecule has 0 atom stereocenters. The fourth-order valence-corrected chi connectivity index (χ4v) is 1.65. The maximum absolute atomic E-state index is 8.93. The van der Waals surface area contributed by atoms with E-state index in [-0.39, 0.29) is 11.0 Å². The van der Waals surface area contributed by atoms with Gasteiger partial charge >= 0.3 is 0 Å². The normalized spacial score (nSPS) is 8.77. The van der Waals surface area contributed by atoms with Crippen molar-refractivity contribution in [3.8, 4) is 0 Å². The fourth-order valence-electron chi connectivity index (χ4n) is 1.65. The molecule has 4 aromatic rings. The number of hydrogen-bond acceptors (Lipinski definition) is 6. The molecule has 0 aliphatic carbocycles. The number of para-hydroxylation sites is 4. The summed E-state index contributed by atoms with van der Waals surface area (Å²) in [6, 6.07) is 15.7. The van der Waals surface area contributed by atoms with E-state index in [0.717, 1.165) is 22.1 Å². The number of carbonyl (C=O) groups excluding carboxylic acids is 2. The number of aliphatic carboxylic acids is 2. The summed E-state index contributed by atoms with van der Waals surface area (Å²) in [5, 5.41) is 36.8. The Morgan fingerprint density at radius 2 is 1.08 bits per heavy atom. The zero-order chi connectivity index (χ0) is 17.4. The van der Waals surface area contributed by atoms with Crippen LogP contribution in [0.3, 0.4) is 0 Å². The maximum atomic E-state index is 8.93. The average Bonchev–Trinajstić information content (AvgIpc) is 3.24. The summed E-state index contributed by atoms with van der Waals surface area (Å²) in [5.41, 5.74) is 4.02. The minimum atomic E-state index is -2.19. The van der Waals surface area contributed by atoms with E-state index in [9.17, 15) is 0 Å². The molecule has 2 aromatic carbocycles. The zero-order valence-corrected chi connectivity index (χ0v) is 13.1. The molecule has 2 aromatic heterocycles. The molecular weight excluding hydrogens is 348 g/mol. The van der Waals surface area contributed by atoms with Crippen LogP contribution in [0.15, 0.2) is 48.5 Å². The Morgan fingerprint density at radius 3 is 1.38 bits per heavy atom. The average molecular weight is 364 g/mol. The summed E-state index contributed by atoms with van der Waals surface area (Å²) in [4.78, 5) is 17.9. The molecule has 2 heterocycles. The summed E-state index contributed by atoms with van der Waals surface area (Å²) in [6.45, 7) is 0. The number of carboxylic acid groups (broad SMARTS) is 2. The van der Waals surface area contributed by atoms with Crippen molar-refractivity contribution in [2.45, 2.75) is 0 Å². The van der Waals surface area contributed by atoms with Gasteiger partial charge < -0.3 is 30.8 Å². The first-order valence-corrected chi connectivity index (χ1v) is 6.62. The second-order valence-electron chi connectivity index (χ2n) is 4.31. The fraction of sp³-hybridized carbons (Fsp3) is 0. The SMILES string of the molecule is O.O.O=C([O-])C(=O)[O-].c1ccc2[nH+][nH]nc2c1.c1ccc2[nH+][nH]nc2c1. The smallest absolute Gasteiger partial charge is 0.248 e. The van der Waals surface area contributed by atoms with Crippen molar-refractivity contribution in [1.29, 1.82) is 0 Å². The molecule has 12 heteroatoms. The van der Waals surface area contributed by atoms with Gasteiger partial charge in [-0.25, -0.2) is 0 Å². The van der Waals surface area contributed by atoms with Crippen LogP contribution in [0.25, 0.3) is 22.1 Å². The zero-order valence-electron chi connectivity index (χ0n) is 13.1. The van der Waals surface area contributed by atoms with Crippen LogP contribution in [-0.4, -0.2) is 43.5 Å². The number of aromatic nitrogens is 6. The van der Waals surface area contributed by atoms with E-state index in [0.29, 0.717) is 0 Å². The first-order chi connectivity index (χ1) is 11.6. The summed E-state index contributed by atoms with van der Waals surface area (Å²) in [5.74, 6) is -4.37. The van der Waals surface area contributed by atoms with E-state index in [2.05, 4.69) is 30.8 Å². The molecule has 0 unspecified atom stereocenters. The molecule has 0 aliphatic heterocycles. The number of nitrogens with one attached hydrogen (secondary N) is 4. The van der Waals surface area contributed by atoms with Crippen molar-refractivity contribution in [3.63, 3.8) is 0 Å². The van der Waals surface area contributed by atoms with Crippen molar-refractivity contribution < 1.29 is 41.0 Å². The Morgan fingerprint density at radius 1 is 0.731 bits per heavy atom. The molecule has 12 nitrogen and oxygen atoms in total. The van der Waals surface area contributed by atoms with Gasteiger partial charge in [-0.05, 0) is 24.3 Å². The number of aromatic amines is 4. The number of fused-ring (bicyclic) bond motifs is 2. The minimum absolute atomic E-state index is 0. The first kappa shape index (κ1) is 22.1. The first-order valence-electron chi connectivity index (χ1n) is 6.62. The molecule has 0 aliphatic rings. The molecule has 0 bridgehead atoms. The van der Waals surface area contributed by atoms with Crippen LogP contribution >= 0.6 is 0 Å². The summed E-state index contributed by atoms with van der Waals surface area (Å²) >= 11 is 0. The Hall–Kier alpha value is -3.90. The number of H-pyrrole nitrogens is 4. The molecular formula is C14H16N6O6. The van der Waals surface area contributed by atoms with Gasteiger partial charge in [-0.3, -0.25) is 0 Å². The third-order valence-corrected chi connectivity index (χ3v) is 2.71. The van der Waals surface area contributed by atoms with Crippen LogP contribution in [0.1, 0.15) is 0 Å². The lowest BCUT2D eigenvalue weighted by Gasteiger charge is -1.97. The predicted molar refractivity (Wildman–Crippen MR) is 82.5 cm³/mol. The molecule has 8 N–H and O–H groups in total. The predicted octanol–water partition coefficient (Wildman–Crippen LogP) is -4.41. The van der Waals surface area contributed by atoms with Gasteiger partial charge in [0.05, 0.1) is 11.9 Å². The van der Waals surface area contributed by atoms with Crippen molar-refractivity contribution in [2.24, 2.45) is 0 Å². The quantitative estimate of drug-likeness (QED) is 0.292. The largest absolute Gasteiger partial charge is 0.543 e. The van der Waals surface area contributed by atoms with Gasteiger partial charge in [0, 0.05) is 10.2 Å². The monoisotopic (exact) mass is 364 g/mol. The van der Waals surface area contributed by atoms with Gasteiger partial charge in [0.2, 0.25) is 11.0 Å². The number of carbonyl (C=O) groups is 2. The molecule has 26 heavy (non-hydrogen) atoms. The lowest BCUT2D eigenvalue weighted by Crippen LogP contribution is -2.42. The van der Waals surface area contributed by atoms with Crippen molar-refractivity contribution in [2.75, 3.05) is 0 Å². The molecule has 0 radical (unpaired) electrons. The topological polar surface area (TPSA) is 229 Å². The highest BCUT2D eigenvalue weighted by Gasteiger charge is 2.00. The standard InChI is InChI=1S/2C6H5N3.C2H2O4.2H2O/c2*1-2-4-6-5(3-1)7-9-8-6;3-1(4)2(5)6;;/h2*1-4H,(H,7,8,9);(H,3,4)(H,5,6);2*1H2. The lowest BCUT2D eigenvalue weighted by atomic mass is 10.3. The Bertz CT molecular complexity index is 815. The molecule has 0 fully saturated rings. The molecule has 0 amide bonds. The third kappa shape index (κ3) is 6.31. The molecule has 0 spiro atoms. The van der Waals surface area contributed by atoms with Crippen molar-refractivity contribution in [3.05, 3.63) is 48.5 Å². The van der Waals surface area contributed by atoms with E-state index < -0.39 is 11.9 Å².